The Bertz CT molecular complexity index is 2730. The van der Waals surface area contributed by atoms with Gasteiger partial charge in [0.15, 0.2) is 17.5 Å². The maximum atomic E-state index is 9.95. The summed E-state index contributed by atoms with van der Waals surface area (Å²) in [6.45, 7) is 0. The van der Waals surface area contributed by atoms with Crippen LogP contribution >= 0.6 is 0 Å². The normalized spacial score (nSPS) is 11.1. The second-order valence-corrected chi connectivity index (χ2v) is 12.9. The smallest absolute Gasteiger partial charge is 0.164 e. The molecular weight excluding hydrogens is 633 g/mol. The Morgan fingerprint density at radius 1 is 0.288 bits per heavy atom. The van der Waals surface area contributed by atoms with Gasteiger partial charge in [0.25, 0.3) is 0 Å². The van der Waals surface area contributed by atoms with Crippen LogP contribution in [0.2, 0.25) is 0 Å². The molecule has 242 valence electrons. The third-order valence-electron chi connectivity index (χ3n) is 9.49. The molecule has 9 rings (SSSR count). The molecule has 1 heterocycles. The van der Waals surface area contributed by atoms with Crippen molar-refractivity contribution in [1.29, 1.82) is 5.26 Å². The van der Waals surface area contributed by atoms with E-state index in [1.807, 2.05) is 72.8 Å². The summed E-state index contributed by atoms with van der Waals surface area (Å²) in [6, 6.07) is 64.8. The van der Waals surface area contributed by atoms with Gasteiger partial charge in [0.05, 0.1) is 11.6 Å². The molecule has 8 aromatic carbocycles. The molecule has 1 aromatic heterocycles. The first-order chi connectivity index (χ1) is 25.7. The number of nitrogens with zero attached hydrogens (tertiary/aromatic N) is 4. The summed E-state index contributed by atoms with van der Waals surface area (Å²) in [5, 5.41) is 14.6. The molecule has 52 heavy (non-hydrogen) atoms. The van der Waals surface area contributed by atoms with E-state index in [0.717, 1.165) is 60.8 Å². The lowest BCUT2D eigenvalue weighted by molar-refractivity contribution is 1.07. The molecule has 0 saturated carbocycles. The number of aromatic nitrogens is 3. The van der Waals surface area contributed by atoms with Crippen molar-refractivity contribution in [2.75, 3.05) is 0 Å². The lowest BCUT2D eigenvalue weighted by Crippen LogP contribution is -2.00. The molecule has 0 radical (unpaired) electrons. The molecule has 0 bridgehead atoms. The van der Waals surface area contributed by atoms with Crippen molar-refractivity contribution in [3.8, 4) is 73.6 Å². The molecule has 0 atom stereocenters. The van der Waals surface area contributed by atoms with Crippen molar-refractivity contribution in [3.63, 3.8) is 0 Å². The van der Waals surface area contributed by atoms with E-state index in [2.05, 4.69) is 115 Å². The molecule has 0 aliphatic heterocycles. The summed E-state index contributed by atoms with van der Waals surface area (Å²) in [5.74, 6) is 1.91. The predicted octanol–water partition coefficient (Wildman–Crippen LogP) is 12.1. The molecule has 4 nitrogen and oxygen atoms in total. The van der Waals surface area contributed by atoms with Crippen molar-refractivity contribution in [1.82, 2.24) is 15.0 Å². The highest BCUT2D eigenvalue weighted by atomic mass is 15.0. The minimum atomic E-state index is 0.630. The van der Waals surface area contributed by atoms with Gasteiger partial charge in [-0.3, -0.25) is 0 Å². The fraction of sp³-hybridized carbons (Fsp3) is 0. The third-order valence-corrected chi connectivity index (χ3v) is 9.49. The van der Waals surface area contributed by atoms with Gasteiger partial charge >= 0.3 is 0 Å². The number of hydrogen-bond donors (Lipinski definition) is 0. The van der Waals surface area contributed by atoms with E-state index in [4.69, 9.17) is 15.0 Å². The van der Waals surface area contributed by atoms with E-state index in [9.17, 15) is 5.26 Å². The Balaban J connectivity index is 1.05. The molecular formula is C48H30N4. The van der Waals surface area contributed by atoms with Crippen LogP contribution in [0, 0.1) is 11.3 Å². The molecule has 0 aliphatic rings. The van der Waals surface area contributed by atoms with Crippen molar-refractivity contribution in [2.45, 2.75) is 0 Å². The summed E-state index contributed by atoms with van der Waals surface area (Å²) in [4.78, 5) is 14.6. The molecule has 0 spiro atoms. The van der Waals surface area contributed by atoms with Crippen LogP contribution in [0.15, 0.2) is 182 Å². The minimum absolute atomic E-state index is 0.630. The van der Waals surface area contributed by atoms with Crippen molar-refractivity contribution in [3.05, 3.63) is 188 Å². The number of benzene rings is 8. The average Bonchev–Trinajstić information content (AvgIpc) is 3.23. The Morgan fingerprint density at radius 3 is 1.19 bits per heavy atom. The quantitative estimate of drug-likeness (QED) is 0.178. The van der Waals surface area contributed by atoms with E-state index in [1.54, 1.807) is 0 Å². The van der Waals surface area contributed by atoms with Gasteiger partial charge < -0.3 is 0 Å². The average molecular weight is 663 g/mol. The van der Waals surface area contributed by atoms with Crippen LogP contribution in [0.3, 0.4) is 0 Å². The van der Waals surface area contributed by atoms with Crippen molar-refractivity contribution >= 4 is 21.5 Å². The minimum Gasteiger partial charge on any atom is -0.208 e. The Kier molecular flexibility index (Phi) is 7.85. The van der Waals surface area contributed by atoms with Crippen LogP contribution < -0.4 is 0 Å². The summed E-state index contributed by atoms with van der Waals surface area (Å²) >= 11 is 0. The number of fused-ring (bicyclic) bond motifs is 2. The third kappa shape index (κ3) is 6.08. The zero-order valence-corrected chi connectivity index (χ0v) is 28.1. The van der Waals surface area contributed by atoms with Gasteiger partial charge in [0.2, 0.25) is 0 Å². The standard InChI is InChI=1S/C48H30N4/c49-31-32-25-43(41-23-17-33-9-7-8-14-39(33)27-41)30-44(26-32)42-24-19-35-18-22-40(28-45(35)29-42)34-15-20-38(21-16-34)48-51-46(36-10-3-1-4-11-36)50-47(52-48)37-12-5-2-6-13-37/h1-30H. The summed E-state index contributed by atoms with van der Waals surface area (Å²) in [6.07, 6.45) is 0. The van der Waals surface area contributed by atoms with E-state index < -0.39 is 0 Å². The SMILES string of the molecule is N#Cc1cc(-c2ccc3ccccc3c2)cc(-c2ccc3ccc(-c4ccc(-c5nc(-c6ccccc6)nc(-c6ccccc6)n5)cc4)cc3c2)c1. The van der Waals surface area contributed by atoms with E-state index >= 15 is 0 Å². The van der Waals surface area contributed by atoms with Crippen molar-refractivity contribution < 1.29 is 0 Å². The van der Waals surface area contributed by atoms with Crippen LogP contribution in [0.5, 0.6) is 0 Å². The van der Waals surface area contributed by atoms with Gasteiger partial charge in [-0.25, -0.2) is 15.0 Å². The molecule has 9 aromatic rings. The van der Waals surface area contributed by atoms with E-state index in [0.29, 0.717) is 23.0 Å². The molecule has 0 amide bonds. The van der Waals surface area contributed by atoms with Gasteiger partial charge in [0, 0.05) is 16.7 Å². The van der Waals surface area contributed by atoms with Gasteiger partial charge in [-0.1, -0.05) is 146 Å². The fourth-order valence-electron chi connectivity index (χ4n) is 6.75. The Hall–Kier alpha value is -7.22. The highest BCUT2D eigenvalue weighted by molar-refractivity contribution is 5.92. The molecule has 0 unspecified atom stereocenters. The number of nitriles is 1. The zero-order chi connectivity index (χ0) is 34.9. The van der Waals surface area contributed by atoms with Crippen LogP contribution in [0.25, 0.3) is 89.1 Å². The zero-order valence-electron chi connectivity index (χ0n) is 28.1. The second kappa shape index (κ2) is 13.2. The molecule has 0 fully saturated rings. The summed E-state index contributed by atoms with van der Waals surface area (Å²) in [7, 11) is 0. The van der Waals surface area contributed by atoms with Crippen LogP contribution in [-0.4, -0.2) is 15.0 Å². The maximum absolute atomic E-state index is 9.95. The first-order valence-corrected chi connectivity index (χ1v) is 17.2. The lowest BCUT2D eigenvalue weighted by Gasteiger charge is -2.11. The van der Waals surface area contributed by atoms with Gasteiger partial charge in [0.1, 0.15) is 0 Å². The molecule has 4 heteroatoms. The van der Waals surface area contributed by atoms with E-state index in [-0.39, 0.29) is 0 Å². The highest BCUT2D eigenvalue weighted by Gasteiger charge is 2.13. The van der Waals surface area contributed by atoms with Crippen LogP contribution in [0.4, 0.5) is 0 Å². The fourth-order valence-corrected chi connectivity index (χ4v) is 6.75. The topological polar surface area (TPSA) is 62.5 Å². The lowest BCUT2D eigenvalue weighted by atomic mass is 9.93. The molecule has 0 aliphatic carbocycles. The van der Waals surface area contributed by atoms with Gasteiger partial charge in [-0.05, 0) is 91.3 Å². The maximum Gasteiger partial charge on any atom is 0.164 e. The summed E-state index contributed by atoms with van der Waals surface area (Å²) < 4.78 is 0. The number of hydrogen-bond acceptors (Lipinski definition) is 4. The number of rotatable bonds is 6. The molecule has 0 N–H and O–H groups in total. The highest BCUT2D eigenvalue weighted by Crippen LogP contribution is 2.34. The first-order valence-electron chi connectivity index (χ1n) is 17.2. The van der Waals surface area contributed by atoms with Crippen molar-refractivity contribution in [2.24, 2.45) is 0 Å². The van der Waals surface area contributed by atoms with Crippen LogP contribution in [-0.2, 0) is 0 Å². The van der Waals surface area contributed by atoms with Gasteiger partial charge in [-0.2, -0.15) is 5.26 Å². The summed E-state index contributed by atoms with van der Waals surface area (Å²) in [5.41, 5.74) is 9.86. The largest absolute Gasteiger partial charge is 0.208 e. The first kappa shape index (κ1) is 30.8. The van der Waals surface area contributed by atoms with E-state index in [1.165, 1.54) is 10.8 Å². The van der Waals surface area contributed by atoms with Crippen LogP contribution in [0.1, 0.15) is 5.56 Å². The monoisotopic (exact) mass is 662 g/mol. The second-order valence-electron chi connectivity index (χ2n) is 12.9. The predicted molar refractivity (Wildman–Crippen MR) is 212 cm³/mol. The van der Waals surface area contributed by atoms with Gasteiger partial charge in [-0.15, -0.1) is 0 Å². The Morgan fingerprint density at radius 2 is 0.673 bits per heavy atom. The molecule has 0 saturated heterocycles. The Labute approximate surface area is 302 Å².